The molecule has 0 spiro atoms. The first-order chi connectivity index (χ1) is 13.5. The summed E-state index contributed by atoms with van der Waals surface area (Å²) in [7, 11) is 0. The van der Waals surface area contributed by atoms with E-state index in [9.17, 15) is 9.59 Å². The van der Waals surface area contributed by atoms with Crippen LogP contribution in [-0.2, 0) is 4.74 Å². The van der Waals surface area contributed by atoms with Gasteiger partial charge in [-0.3, -0.25) is 4.90 Å². The van der Waals surface area contributed by atoms with Gasteiger partial charge in [-0.05, 0) is 78.7 Å². The van der Waals surface area contributed by atoms with Crippen molar-refractivity contribution < 1.29 is 14.3 Å². The van der Waals surface area contributed by atoms with Crippen molar-refractivity contribution in [2.24, 2.45) is 11.8 Å². The van der Waals surface area contributed by atoms with Crippen LogP contribution in [0.4, 0.5) is 9.59 Å². The van der Waals surface area contributed by atoms with Gasteiger partial charge < -0.3 is 20.3 Å². The molecule has 3 amide bonds. The smallest absolute Gasteiger partial charge is 0.407 e. The van der Waals surface area contributed by atoms with Crippen molar-refractivity contribution in [2.75, 3.05) is 39.3 Å². The third kappa shape index (κ3) is 8.03. The number of nitrogens with zero attached hydrogens (tertiary/aromatic N) is 2. The Bertz CT molecular complexity index is 559. The number of urea groups is 1. The molecule has 0 bridgehead atoms. The van der Waals surface area contributed by atoms with Crippen molar-refractivity contribution in [3.8, 4) is 0 Å². The van der Waals surface area contributed by atoms with Crippen molar-refractivity contribution in [3.63, 3.8) is 0 Å². The molecule has 2 heterocycles. The van der Waals surface area contributed by atoms with Gasteiger partial charge in [0, 0.05) is 38.3 Å². The monoisotopic (exact) mass is 410 g/mol. The Morgan fingerprint density at radius 3 is 2.34 bits per heavy atom. The molecule has 7 heteroatoms. The van der Waals surface area contributed by atoms with E-state index in [-0.39, 0.29) is 17.5 Å². The summed E-state index contributed by atoms with van der Waals surface area (Å²) in [6.07, 6.45) is 4.11. The number of likely N-dealkylation sites (tertiary alicyclic amines) is 2. The van der Waals surface area contributed by atoms with Crippen LogP contribution in [0.25, 0.3) is 0 Å². The van der Waals surface area contributed by atoms with Crippen LogP contribution in [0.15, 0.2) is 0 Å². The maximum atomic E-state index is 12.7. The number of ether oxygens (including phenoxy) is 1. The average Bonchev–Trinajstić information content (AvgIpc) is 2.63. The van der Waals surface area contributed by atoms with Crippen LogP contribution in [0.2, 0.25) is 0 Å². The third-order valence-electron chi connectivity index (χ3n) is 5.93. The number of amides is 3. The molecule has 2 saturated heterocycles. The van der Waals surface area contributed by atoms with Gasteiger partial charge in [0.15, 0.2) is 0 Å². The molecule has 2 rings (SSSR count). The Kier molecular flexibility index (Phi) is 8.20. The van der Waals surface area contributed by atoms with Crippen LogP contribution in [0.3, 0.4) is 0 Å². The lowest BCUT2D eigenvalue weighted by molar-refractivity contribution is 0.0510. The second kappa shape index (κ2) is 10.0. The Morgan fingerprint density at radius 1 is 1.00 bits per heavy atom. The quantitative estimate of drug-likeness (QED) is 0.728. The molecule has 7 nitrogen and oxygen atoms in total. The van der Waals surface area contributed by atoms with Crippen molar-refractivity contribution in [3.05, 3.63) is 0 Å². The Hall–Kier alpha value is -1.50. The highest BCUT2D eigenvalue weighted by atomic mass is 16.6. The highest BCUT2D eigenvalue weighted by Crippen LogP contribution is 2.23. The molecule has 2 atom stereocenters. The number of carbonyl (C=O) groups is 2. The minimum absolute atomic E-state index is 0.00472. The summed E-state index contributed by atoms with van der Waals surface area (Å²) in [4.78, 5) is 29.0. The first kappa shape index (κ1) is 23.8. The zero-order valence-electron chi connectivity index (χ0n) is 19.3. The summed E-state index contributed by atoms with van der Waals surface area (Å²) in [6, 6.07) is 0.00472. The molecule has 0 aromatic rings. The second-order valence-corrected chi connectivity index (χ2v) is 10.5. The maximum absolute atomic E-state index is 12.7. The molecule has 0 saturated carbocycles. The standard InChI is InChI=1S/C22H42N4O3/c1-17-9-7-12-26(14-17)22(5,6)16-24-19(27)25-11-8-10-18(15-25)13-23-20(28)29-21(2,3)4/h17-18H,7-16H2,1-6H3,(H,23,28)(H,24,27). The number of carbonyl (C=O) groups excluding carboxylic acids is 2. The fourth-order valence-corrected chi connectivity index (χ4v) is 4.21. The van der Waals surface area contributed by atoms with E-state index < -0.39 is 11.7 Å². The summed E-state index contributed by atoms with van der Waals surface area (Å²) >= 11 is 0. The molecule has 2 unspecified atom stereocenters. The second-order valence-electron chi connectivity index (χ2n) is 10.5. The summed E-state index contributed by atoms with van der Waals surface area (Å²) in [5.74, 6) is 0.983. The SMILES string of the molecule is CC1CCCN(C(C)(C)CNC(=O)N2CCCC(CNC(=O)OC(C)(C)C)C2)C1. The van der Waals surface area contributed by atoms with Gasteiger partial charge in [0.1, 0.15) is 5.60 Å². The molecule has 2 N–H and O–H groups in total. The predicted molar refractivity (Wildman–Crippen MR) is 116 cm³/mol. The number of hydrogen-bond donors (Lipinski definition) is 2. The van der Waals surface area contributed by atoms with Crippen LogP contribution < -0.4 is 10.6 Å². The number of piperidine rings is 2. The molecule has 2 fully saturated rings. The molecule has 0 aromatic heterocycles. The van der Waals surface area contributed by atoms with E-state index in [1.54, 1.807) is 0 Å². The first-order valence-electron chi connectivity index (χ1n) is 11.2. The summed E-state index contributed by atoms with van der Waals surface area (Å²) in [6.45, 7) is 17.1. The van der Waals surface area contributed by atoms with E-state index in [0.717, 1.165) is 38.4 Å². The third-order valence-corrected chi connectivity index (χ3v) is 5.93. The molecular weight excluding hydrogens is 368 g/mol. The van der Waals surface area contributed by atoms with Gasteiger partial charge in [0.2, 0.25) is 0 Å². The zero-order chi connectivity index (χ0) is 21.7. The summed E-state index contributed by atoms with van der Waals surface area (Å²) in [5, 5.41) is 6.00. The van der Waals surface area contributed by atoms with Crippen LogP contribution >= 0.6 is 0 Å². The molecule has 0 radical (unpaired) electrons. The van der Waals surface area contributed by atoms with Gasteiger partial charge in [-0.15, -0.1) is 0 Å². The normalized spacial score (nSPS) is 24.1. The van der Waals surface area contributed by atoms with E-state index in [4.69, 9.17) is 4.74 Å². The van der Waals surface area contributed by atoms with Crippen molar-refractivity contribution in [1.82, 2.24) is 20.4 Å². The van der Waals surface area contributed by atoms with E-state index in [0.29, 0.717) is 19.6 Å². The summed E-state index contributed by atoms with van der Waals surface area (Å²) in [5.41, 5.74) is -0.542. The number of rotatable bonds is 5. The highest BCUT2D eigenvalue weighted by molar-refractivity contribution is 5.74. The van der Waals surface area contributed by atoms with Crippen LogP contribution in [-0.4, -0.2) is 72.3 Å². The van der Waals surface area contributed by atoms with Crippen LogP contribution in [0.1, 0.15) is 67.2 Å². The molecule has 0 aliphatic carbocycles. The molecular formula is C22H42N4O3. The molecule has 29 heavy (non-hydrogen) atoms. The van der Waals surface area contributed by atoms with Gasteiger partial charge >= 0.3 is 12.1 Å². The van der Waals surface area contributed by atoms with Gasteiger partial charge in [-0.1, -0.05) is 6.92 Å². The Morgan fingerprint density at radius 2 is 1.69 bits per heavy atom. The largest absolute Gasteiger partial charge is 0.444 e. The lowest BCUT2D eigenvalue weighted by atomic mass is 9.93. The Labute approximate surface area is 176 Å². The Balaban J connectivity index is 1.76. The van der Waals surface area contributed by atoms with Crippen molar-refractivity contribution in [2.45, 2.75) is 78.4 Å². The first-order valence-corrected chi connectivity index (χ1v) is 11.2. The number of nitrogens with one attached hydrogen (secondary N) is 2. The van der Waals surface area contributed by atoms with Gasteiger partial charge in [-0.2, -0.15) is 0 Å². The topological polar surface area (TPSA) is 73.9 Å². The maximum Gasteiger partial charge on any atom is 0.407 e. The number of alkyl carbamates (subject to hydrolysis) is 1. The zero-order valence-corrected chi connectivity index (χ0v) is 19.3. The van der Waals surface area contributed by atoms with Crippen molar-refractivity contribution >= 4 is 12.1 Å². The average molecular weight is 411 g/mol. The van der Waals surface area contributed by atoms with Gasteiger partial charge in [0.25, 0.3) is 0 Å². The van der Waals surface area contributed by atoms with Crippen LogP contribution in [0, 0.1) is 11.8 Å². The van der Waals surface area contributed by atoms with E-state index in [1.807, 2.05) is 25.7 Å². The molecule has 0 aromatic carbocycles. The lowest BCUT2D eigenvalue weighted by Crippen LogP contribution is -2.56. The molecule has 2 aliphatic heterocycles. The minimum atomic E-state index is -0.498. The predicted octanol–water partition coefficient (Wildman–Crippen LogP) is 3.44. The van der Waals surface area contributed by atoms with E-state index in [2.05, 4.69) is 36.3 Å². The van der Waals surface area contributed by atoms with E-state index >= 15 is 0 Å². The summed E-state index contributed by atoms with van der Waals surface area (Å²) < 4.78 is 5.30. The highest BCUT2D eigenvalue weighted by Gasteiger charge is 2.31. The van der Waals surface area contributed by atoms with Crippen molar-refractivity contribution in [1.29, 1.82) is 0 Å². The van der Waals surface area contributed by atoms with E-state index in [1.165, 1.54) is 12.8 Å². The number of hydrogen-bond acceptors (Lipinski definition) is 4. The lowest BCUT2D eigenvalue weighted by Gasteiger charge is -2.43. The van der Waals surface area contributed by atoms with Gasteiger partial charge in [-0.25, -0.2) is 9.59 Å². The molecule has 168 valence electrons. The molecule has 2 aliphatic rings. The fourth-order valence-electron chi connectivity index (χ4n) is 4.21. The van der Waals surface area contributed by atoms with Crippen LogP contribution in [0.5, 0.6) is 0 Å². The van der Waals surface area contributed by atoms with Gasteiger partial charge in [0.05, 0.1) is 0 Å². The fraction of sp³-hybridized carbons (Fsp3) is 0.909. The minimum Gasteiger partial charge on any atom is -0.444 e.